The number of hydrogen-bond acceptors (Lipinski definition) is 4. The number of hydrogen-bond donors (Lipinski definition) is 2. The maximum Gasteiger partial charge on any atom is 0.236 e. The fraction of sp³-hybridized carbons (Fsp3) is 0.143. The minimum absolute atomic E-state index is 0.0356. The number of rotatable bonds is 6. The van der Waals surface area contributed by atoms with Gasteiger partial charge in [0.05, 0.1) is 5.69 Å². The number of anilines is 2. The number of para-hydroxylation sites is 2. The smallest absolute Gasteiger partial charge is 0.236 e. The molecule has 0 aromatic heterocycles. The fourth-order valence-corrected chi connectivity index (χ4v) is 2.88. The number of ether oxygens (including phenoxy) is 1. The Morgan fingerprint density at radius 2 is 1.76 bits per heavy atom. The summed E-state index contributed by atoms with van der Waals surface area (Å²) in [6.07, 6.45) is 0. The van der Waals surface area contributed by atoms with E-state index in [2.05, 4.69) is 27.3 Å². The second-order valence-electron chi connectivity index (χ2n) is 4.31. The molecule has 0 atom stereocenters. The second kappa shape index (κ2) is 6.99. The van der Waals surface area contributed by atoms with Gasteiger partial charge in [-0.2, -0.15) is 0 Å². The van der Waals surface area contributed by atoms with Crippen molar-refractivity contribution in [3.8, 4) is 5.75 Å². The lowest BCUT2D eigenvalue weighted by Crippen LogP contribution is -2.21. The molecule has 7 heteroatoms. The van der Waals surface area contributed by atoms with Crippen LogP contribution < -0.4 is 15.2 Å². The summed E-state index contributed by atoms with van der Waals surface area (Å²) in [6.45, 7) is 0.0356. The molecular weight excluding hydrogens is 403 g/mol. The Morgan fingerprint density at radius 1 is 1.10 bits per heavy atom. The van der Waals surface area contributed by atoms with Crippen molar-refractivity contribution in [2.24, 2.45) is 0 Å². The standard InChI is InChI=1S/C14H15IN2O3S/c15-11-5-7-12(8-6-11)17-21(18,19)10-9-20-14-4-2-1-3-13(14)16/h1-8,17H,9-10,16H2. The van der Waals surface area contributed by atoms with E-state index in [1.54, 1.807) is 36.4 Å². The van der Waals surface area contributed by atoms with E-state index < -0.39 is 10.0 Å². The molecule has 0 radical (unpaired) electrons. The van der Waals surface area contributed by atoms with E-state index in [1.165, 1.54) is 0 Å². The summed E-state index contributed by atoms with van der Waals surface area (Å²) in [5.74, 6) is 0.342. The molecule has 2 rings (SSSR count). The van der Waals surface area contributed by atoms with Crippen molar-refractivity contribution >= 4 is 44.0 Å². The summed E-state index contributed by atoms with van der Waals surface area (Å²) >= 11 is 2.16. The topological polar surface area (TPSA) is 81.4 Å². The molecule has 0 aliphatic carbocycles. The third-order valence-corrected chi connectivity index (χ3v) is 4.62. The van der Waals surface area contributed by atoms with Gasteiger partial charge in [-0.25, -0.2) is 8.42 Å². The average molecular weight is 418 g/mol. The summed E-state index contributed by atoms with van der Waals surface area (Å²) in [6, 6.07) is 14.1. The molecule has 0 saturated carbocycles. The molecule has 0 unspecified atom stereocenters. The molecule has 2 aromatic rings. The van der Waals surface area contributed by atoms with Crippen LogP contribution in [0.25, 0.3) is 0 Å². The lowest BCUT2D eigenvalue weighted by molar-refractivity contribution is 0.343. The Bertz CT molecular complexity index is 702. The summed E-state index contributed by atoms with van der Waals surface area (Å²) in [4.78, 5) is 0. The van der Waals surface area contributed by atoms with Crippen LogP contribution in [0.1, 0.15) is 0 Å². The first-order valence-electron chi connectivity index (χ1n) is 6.20. The van der Waals surface area contributed by atoms with E-state index in [4.69, 9.17) is 10.5 Å². The van der Waals surface area contributed by atoms with Crippen molar-refractivity contribution in [1.29, 1.82) is 0 Å². The Hall–Kier alpha value is -1.48. The van der Waals surface area contributed by atoms with Gasteiger partial charge in [-0.05, 0) is 59.0 Å². The van der Waals surface area contributed by atoms with E-state index in [0.29, 0.717) is 17.1 Å². The van der Waals surface area contributed by atoms with E-state index >= 15 is 0 Å². The predicted molar refractivity (Wildman–Crippen MR) is 92.9 cm³/mol. The Morgan fingerprint density at radius 3 is 2.43 bits per heavy atom. The van der Waals surface area contributed by atoms with Crippen LogP contribution >= 0.6 is 22.6 Å². The Labute approximate surface area is 137 Å². The number of sulfonamides is 1. The van der Waals surface area contributed by atoms with Crippen LogP contribution in [0.5, 0.6) is 5.75 Å². The van der Waals surface area contributed by atoms with E-state index in [-0.39, 0.29) is 12.4 Å². The van der Waals surface area contributed by atoms with Gasteiger partial charge in [0.1, 0.15) is 18.1 Å². The van der Waals surface area contributed by atoms with Gasteiger partial charge < -0.3 is 10.5 Å². The SMILES string of the molecule is Nc1ccccc1OCCS(=O)(=O)Nc1ccc(I)cc1. The van der Waals surface area contributed by atoms with Crippen LogP contribution in [0, 0.1) is 3.57 Å². The van der Waals surface area contributed by atoms with Crippen molar-refractivity contribution in [2.75, 3.05) is 22.8 Å². The maximum atomic E-state index is 11.9. The van der Waals surface area contributed by atoms with Crippen LogP contribution in [0.3, 0.4) is 0 Å². The Kier molecular flexibility index (Phi) is 5.29. The van der Waals surface area contributed by atoms with Crippen molar-refractivity contribution in [3.63, 3.8) is 0 Å². The molecule has 0 aliphatic heterocycles. The van der Waals surface area contributed by atoms with Gasteiger partial charge >= 0.3 is 0 Å². The van der Waals surface area contributed by atoms with Gasteiger partial charge in [0, 0.05) is 9.26 Å². The molecule has 5 nitrogen and oxygen atoms in total. The zero-order chi connectivity index (χ0) is 15.3. The van der Waals surface area contributed by atoms with Crippen LogP contribution in [-0.2, 0) is 10.0 Å². The normalized spacial score (nSPS) is 11.1. The lowest BCUT2D eigenvalue weighted by Gasteiger charge is -2.10. The summed E-state index contributed by atoms with van der Waals surface area (Å²) in [7, 11) is -3.45. The molecule has 2 aromatic carbocycles. The summed E-state index contributed by atoms with van der Waals surface area (Å²) < 4.78 is 32.8. The highest BCUT2D eigenvalue weighted by atomic mass is 127. The van der Waals surface area contributed by atoms with E-state index in [0.717, 1.165) is 3.57 Å². The molecule has 0 fully saturated rings. The van der Waals surface area contributed by atoms with Crippen LogP contribution in [-0.4, -0.2) is 20.8 Å². The minimum atomic E-state index is -3.45. The van der Waals surface area contributed by atoms with Gasteiger partial charge in [0.25, 0.3) is 0 Å². The molecule has 3 N–H and O–H groups in total. The quantitative estimate of drug-likeness (QED) is 0.559. The third kappa shape index (κ3) is 5.09. The largest absolute Gasteiger partial charge is 0.490 e. The van der Waals surface area contributed by atoms with E-state index in [1.807, 2.05) is 12.1 Å². The first-order valence-corrected chi connectivity index (χ1v) is 8.93. The predicted octanol–water partition coefficient (Wildman–Crippen LogP) is 2.69. The fourth-order valence-electron chi connectivity index (χ4n) is 1.62. The van der Waals surface area contributed by atoms with Crippen molar-refractivity contribution in [1.82, 2.24) is 0 Å². The number of nitrogens with two attached hydrogens (primary N) is 1. The first kappa shape index (κ1) is 15.9. The van der Waals surface area contributed by atoms with Gasteiger partial charge in [0.2, 0.25) is 10.0 Å². The minimum Gasteiger partial charge on any atom is -0.490 e. The van der Waals surface area contributed by atoms with Gasteiger partial charge in [0.15, 0.2) is 0 Å². The molecule has 0 heterocycles. The third-order valence-electron chi connectivity index (χ3n) is 2.65. The Balaban J connectivity index is 1.90. The lowest BCUT2D eigenvalue weighted by atomic mass is 10.3. The zero-order valence-corrected chi connectivity index (χ0v) is 14.1. The highest BCUT2D eigenvalue weighted by Gasteiger charge is 2.11. The van der Waals surface area contributed by atoms with Crippen molar-refractivity contribution in [3.05, 3.63) is 52.1 Å². The van der Waals surface area contributed by atoms with Crippen LogP contribution in [0.2, 0.25) is 0 Å². The number of benzene rings is 2. The molecule has 21 heavy (non-hydrogen) atoms. The second-order valence-corrected chi connectivity index (χ2v) is 7.40. The van der Waals surface area contributed by atoms with Crippen molar-refractivity contribution < 1.29 is 13.2 Å². The molecule has 0 spiro atoms. The van der Waals surface area contributed by atoms with Crippen LogP contribution in [0.15, 0.2) is 48.5 Å². The first-order chi connectivity index (χ1) is 9.96. The number of nitrogens with one attached hydrogen (secondary N) is 1. The summed E-state index contributed by atoms with van der Waals surface area (Å²) in [5, 5.41) is 0. The molecule has 0 bridgehead atoms. The number of halogens is 1. The highest BCUT2D eigenvalue weighted by Crippen LogP contribution is 2.19. The summed E-state index contributed by atoms with van der Waals surface area (Å²) in [5.41, 5.74) is 6.74. The molecule has 0 amide bonds. The van der Waals surface area contributed by atoms with Gasteiger partial charge in [-0.1, -0.05) is 12.1 Å². The molecule has 112 valence electrons. The monoisotopic (exact) mass is 418 g/mol. The molecule has 0 saturated heterocycles. The van der Waals surface area contributed by atoms with E-state index in [9.17, 15) is 8.42 Å². The average Bonchev–Trinajstić information content (AvgIpc) is 2.43. The van der Waals surface area contributed by atoms with Crippen molar-refractivity contribution in [2.45, 2.75) is 0 Å². The zero-order valence-electron chi connectivity index (χ0n) is 11.1. The highest BCUT2D eigenvalue weighted by molar-refractivity contribution is 14.1. The van der Waals surface area contributed by atoms with Gasteiger partial charge in [-0.15, -0.1) is 0 Å². The van der Waals surface area contributed by atoms with Crippen LogP contribution in [0.4, 0.5) is 11.4 Å². The van der Waals surface area contributed by atoms with Gasteiger partial charge in [-0.3, -0.25) is 4.72 Å². The maximum absolute atomic E-state index is 11.9. The molecular formula is C14H15IN2O3S. The number of nitrogen functional groups attached to an aromatic ring is 1. The molecule has 0 aliphatic rings.